The van der Waals surface area contributed by atoms with Crippen molar-refractivity contribution >= 4 is 23.2 Å². The van der Waals surface area contributed by atoms with Gasteiger partial charge >= 0.3 is 0 Å². The maximum absolute atomic E-state index is 6.41. The molecule has 0 aliphatic carbocycles. The maximum atomic E-state index is 6.41. The number of hydrogen-bond acceptors (Lipinski definition) is 1. The van der Waals surface area contributed by atoms with Crippen LogP contribution in [0.5, 0.6) is 0 Å². The molecule has 0 aliphatic rings. The Hall–Kier alpha value is -1.02. The molecule has 2 N–H and O–H groups in total. The van der Waals surface area contributed by atoms with Crippen molar-refractivity contribution in [3.05, 3.63) is 69.7 Å². The Balaban J connectivity index is 2.15. The summed E-state index contributed by atoms with van der Waals surface area (Å²) in [5.41, 5.74) is 8.75. The lowest BCUT2D eigenvalue weighted by atomic mass is 9.86. The molecule has 0 saturated heterocycles. The van der Waals surface area contributed by atoms with Gasteiger partial charge in [-0.1, -0.05) is 66.5 Å². The first-order chi connectivity index (χ1) is 9.61. The van der Waals surface area contributed by atoms with E-state index in [2.05, 4.69) is 31.2 Å². The average Bonchev–Trinajstić information content (AvgIpc) is 2.44. The minimum absolute atomic E-state index is 0.0427. The third-order valence-corrected chi connectivity index (χ3v) is 4.24. The molecule has 1 nitrogen and oxygen atoms in total. The zero-order valence-electron chi connectivity index (χ0n) is 11.5. The molecule has 106 valence electrons. The van der Waals surface area contributed by atoms with Gasteiger partial charge in [-0.3, -0.25) is 0 Å². The van der Waals surface area contributed by atoms with Crippen LogP contribution in [0.1, 0.15) is 30.4 Å². The third kappa shape index (κ3) is 3.76. The molecule has 2 rings (SSSR count). The highest BCUT2D eigenvalue weighted by Gasteiger charge is 2.19. The second kappa shape index (κ2) is 7.12. The molecule has 0 aliphatic heterocycles. The first-order valence-electron chi connectivity index (χ1n) is 6.86. The van der Waals surface area contributed by atoms with Crippen LogP contribution in [0.15, 0.2) is 48.5 Å². The monoisotopic (exact) mass is 307 g/mol. The van der Waals surface area contributed by atoms with Crippen LogP contribution in [0.25, 0.3) is 0 Å². The van der Waals surface area contributed by atoms with E-state index in [1.54, 1.807) is 6.07 Å². The maximum Gasteiger partial charge on any atom is 0.0453 e. The molecule has 0 spiro atoms. The first kappa shape index (κ1) is 15.4. The van der Waals surface area contributed by atoms with Crippen molar-refractivity contribution in [2.45, 2.75) is 31.7 Å². The average molecular weight is 308 g/mol. The highest BCUT2D eigenvalue weighted by Crippen LogP contribution is 2.27. The number of halogens is 2. The molecule has 20 heavy (non-hydrogen) atoms. The Kier molecular flexibility index (Phi) is 5.47. The fraction of sp³-hybridized carbons (Fsp3) is 0.294. The summed E-state index contributed by atoms with van der Waals surface area (Å²) in [6, 6.07) is 16.0. The summed E-state index contributed by atoms with van der Waals surface area (Å²) in [6.07, 6.45) is 1.76. The molecule has 0 bridgehead atoms. The van der Waals surface area contributed by atoms with Gasteiger partial charge < -0.3 is 5.73 Å². The molecule has 0 fully saturated rings. The lowest BCUT2D eigenvalue weighted by Gasteiger charge is -2.23. The topological polar surface area (TPSA) is 26.0 Å². The molecule has 2 aromatic rings. The molecule has 0 heterocycles. The predicted octanol–water partition coefficient (Wildman–Crippen LogP) is 5.06. The van der Waals surface area contributed by atoms with E-state index in [4.69, 9.17) is 28.9 Å². The summed E-state index contributed by atoms with van der Waals surface area (Å²) in [5.74, 6) is 0.336. The third-order valence-electron chi connectivity index (χ3n) is 3.66. The van der Waals surface area contributed by atoms with E-state index in [9.17, 15) is 0 Å². The normalized spacial score (nSPS) is 14.0. The zero-order valence-corrected chi connectivity index (χ0v) is 13.0. The van der Waals surface area contributed by atoms with Gasteiger partial charge in [0.25, 0.3) is 0 Å². The van der Waals surface area contributed by atoms with Gasteiger partial charge in [0.05, 0.1) is 0 Å². The van der Waals surface area contributed by atoms with Gasteiger partial charge in [-0.2, -0.15) is 0 Å². The van der Waals surface area contributed by atoms with E-state index in [1.807, 2.05) is 18.2 Å². The van der Waals surface area contributed by atoms with Gasteiger partial charge in [-0.15, -0.1) is 0 Å². The van der Waals surface area contributed by atoms with E-state index in [0.29, 0.717) is 16.0 Å². The van der Waals surface area contributed by atoms with Crippen molar-refractivity contribution in [1.82, 2.24) is 0 Å². The van der Waals surface area contributed by atoms with Crippen molar-refractivity contribution in [3.8, 4) is 0 Å². The molecule has 2 atom stereocenters. The van der Waals surface area contributed by atoms with Crippen LogP contribution in [-0.4, -0.2) is 6.04 Å². The van der Waals surface area contributed by atoms with Crippen molar-refractivity contribution in [3.63, 3.8) is 0 Å². The van der Waals surface area contributed by atoms with E-state index in [1.165, 1.54) is 5.56 Å². The summed E-state index contributed by atoms with van der Waals surface area (Å²) >= 11 is 12.2. The fourth-order valence-electron chi connectivity index (χ4n) is 2.57. The molecule has 0 saturated carbocycles. The van der Waals surface area contributed by atoms with E-state index >= 15 is 0 Å². The quantitative estimate of drug-likeness (QED) is 0.821. The number of rotatable bonds is 5. The second-order valence-corrected chi connectivity index (χ2v) is 5.87. The van der Waals surface area contributed by atoms with Crippen LogP contribution >= 0.6 is 23.2 Å². The molecule has 0 radical (unpaired) electrons. The largest absolute Gasteiger partial charge is 0.327 e. The van der Waals surface area contributed by atoms with Gasteiger partial charge in [0.1, 0.15) is 0 Å². The zero-order chi connectivity index (χ0) is 14.5. The molecular formula is C17H19Cl2N. The van der Waals surface area contributed by atoms with Gasteiger partial charge in [-0.25, -0.2) is 0 Å². The van der Waals surface area contributed by atoms with Crippen molar-refractivity contribution < 1.29 is 0 Å². The van der Waals surface area contributed by atoms with Crippen LogP contribution in [0, 0.1) is 0 Å². The highest BCUT2D eigenvalue weighted by molar-refractivity contribution is 6.35. The number of nitrogens with two attached hydrogens (primary N) is 1. The van der Waals surface area contributed by atoms with Crippen molar-refractivity contribution in [2.75, 3.05) is 0 Å². The van der Waals surface area contributed by atoms with Crippen molar-refractivity contribution in [2.24, 2.45) is 5.73 Å². The minimum Gasteiger partial charge on any atom is -0.327 e. The Morgan fingerprint density at radius 2 is 1.75 bits per heavy atom. The Morgan fingerprint density at radius 3 is 2.35 bits per heavy atom. The SMILES string of the molecule is CCC(c1ccccc1)C(N)Cc1ccc(Cl)cc1Cl. The molecule has 3 heteroatoms. The van der Waals surface area contributed by atoms with Crippen LogP contribution in [0.3, 0.4) is 0 Å². The minimum atomic E-state index is 0.0427. The standard InChI is InChI=1S/C17H19Cl2N/c1-2-15(12-6-4-3-5-7-12)17(20)10-13-8-9-14(18)11-16(13)19/h3-9,11,15,17H,2,10,20H2,1H3. The molecule has 0 aromatic heterocycles. The van der Waals surface area contributed by atoms with Crippen LogP contribution in [-0.2, 0) is 6.42 Å². The first-order valence-corrected chi connectivity index (χ1v) is 7.62. The fourth-order valence-corrected chi connectivity index (χ4v) is 3.05. The van der Waals surface area contributed by atoms with Crippen molar-refractivity contribution in [1.29, 1.82) is 0 Å². The van der Waals surface area contributed by atoms with Gasteiger partial charge in [0, 0.05) is 16.1 Å². The van der Waals surface area contributed by atoms with Crippen LogP contribution in [0.4, 0.5) is 0 Å². The molecule has 0 amide bonds. The Morgan fingerprint density at radius 1 is 1.05 bits per heavy atom. The highest BCUT2D eigenvalue weighted by atomic mass is 35.5. The number of hydrogen-bond donors (Lipinski definition) is 1. The second-order valence-electron chi connectivity index (χ2n) is 5.03. The molecule has 2 aromatic carbocycles. The van der Waals surface area contributed by atoms with E-state index in [-0.39, 0.29) is 6.04 Å². The summed E-state index contributed by atoms with van der Waals surface area (Å²) in [7, 11) is 0. The smallest absolute Gasteiger partial charge is 0.0453 e. The summed E-state index contributed by atoms with van der Waals surface area (Å²) in [4.78, 5) is 0. The van der Waals surface area contributed by atoms with E-state index < -0.39 is 0 Å². The van der Waals surface area contributed by atoms with Gasteiger partial charge in [0.2, 0.25) is 0 Å². The summed E-state index contributed by atoms with van der Waals surface area (Å²) in [6.45, 7) is 2.17. The summed E-state index contributed by atoms with van der Waals surface area (Å²) in [5, 5.41) is 1.35. The molecular weight excluding hydrogens is 289 g/mol. The molecule has 2 unspecified atom stereocenters. The van der Waals surface area contributed by atoms with Gasteiger partial charge in [-0.05, 0) is 42.0 Å². The Labute approximate surface area is 130 Å². The van der Waals surface area contributed by atoms with Gasteiger partial charge in [0.15, 0.2) is 0 Å². The lowest BCUT2D eigenvalue weighted by molar-refractivity contribution is 0.515. The summed E-state index contributed by atoms with van der Waals surface area (Å²) < 4.78 is 0. The number of benzene rings is 2. The Bertz CT molecular complexity index is 554. The predicted molar refractivity (Wildman–Crippen MR) is 87.6 cm³/mol. The van der Waals surface area contributed by atoms with Crippen LogP contribution < -0.4 is 5.73 Å². The van der Waals surface area contributed by atoms with E-state index in [0.717, 1.165) is 18.4 Å². The lowest BCUT2D eigenvalue weighted by Crippen LogP contribution is -2.30. The van der Waals surface area contributed by atoms with Crippen LogP contribution in [0.2, 0.25) is 10.0 Å².